The second-order valence-electron chi connectivity index (χ2n) is 5.55. The topological polar surface area (TPSA) is 36.4 Å². The van der Waals surface area contributed by atoms with Gasteiger partial charge in [0.2, 0.25) is 0 Å². The van der Waals surface area contributed by atoms with Crippen molar-refractivity contribution in [1.82, 2.24) is 4.98 Å². The standard InChI is InChI=1S/C15H26N2OS/c1-4-6-9-17(12-7-8-12)15-16-14(11(3)5-2)13(10-18)19-15/h11-12,18H,4-10H2,1-3H3. The van der Waals surface area contributed by atoms with E-state index in [9.17, 15) is 5.11 Å². The molecule has 108 valence electrons. The first-order valence-corrected chi connectivity index (χ1v) is 8.39. The largest absolute Gasteiger partial charge is 0.391 e. The molecule has 1 unspecified atom stereocenters. The van der Waals surface area contributed by atoms with Crippen LogP contribution in [0.25, 0.3) is 0 Å². The Morgan fingerprint density at radius 2 is 2.16 bits per heavy atom. The van der Waals surface area contributed by atoms with E-state index in [1.165, 1.54) is 25.7 Å². The molecule has 1 saturated carbocycles. The maximum atomic E-state index is 9.54. The predicted octanol–water partition coefficient (Wildman–Crippen LogP) is 3.92. The Morgan fingerprint density at radius 3 is 2.68 bits per heavy atom. The number of hydrogen-bond acceptors (Lipinski definition) is 4. The first kappa shape index (κ1) is 14.8. The van der Waals surface area contributed by atoms with Crippen molar-refractivity contribution >= 4 is 16.5 Å². The quantitative estimate of drug-likeness (QED) is 0.785. The van der Waals surface area contributed by atoms with E-state index >= 15 is 0 Å². The van der Waals surface area contributed by atoms with Crippen LogP contribution in [-0.4, -0.2) is 22.7 Å². The number of rotatable bonds is 8. The molecule has 1 heterocycles. The van der Waals surface area contributed by atoms with Gasteiger partial charge in [-0.3, -0.25) is 0 Å². The highest BCUT2D eigenvalue weighted by atomic mass is 32.1. The summed E-state index contributed by atoms with van der Waals surface area (Å²) in [4.78, 5) is 8.38. The molecule has 1 N–H and O–H groups in total. The van der Waals surface area contributed by atoms with Crippen molar-refractivity contribution in [2.45, 2.75) is 71.4 Å². The van der Waals surface area contributed by atoms with E-state index in [1.807, 2.05) is 0 Å². The molecule has 1 aromatic rings. The second kappa shape index (κ2) is 6.71. The van der Waals surface area contributed by atoms with Crippen LogP contribution in [0.5, 0.6) is 0 Å². The summed E-state index contributed by atoms with van der Waals surface area (Å²) in [5.74, 6) is 0.444. The molecule has 0 radical (unpaired) electrons. The van der Waals surface area contributed by atoms with Gasteiger partial charge in [-0.15, -0.1) is 0 Å². The lowest BCUT2D eigenvalue weighted by atomic mass is 10.0. The molecule has 19 heavy (non-hydrogen) atoms. The normalized spacial score (nSPS) is 16.6. The van der Waals surface area contributed by atoms with E-state index in [4.69, 9.17) is 4.98 Å². The van der Waals surface area contributed by atoms with Gasteiger partial charge in [-0.1, -0.05) is 38.5 Å². The number of aliphatic hydroxyl groups is 1. The average molecular weight is 282 g/mol. The van der Waals surface area contributed by atoms with Crippen LogP contribution in [0.15, 0.2) is 0 Å². The second-order valence-corrected chi connectivity index (χ2v) is 6.61. The van der Waals surface area contributed by atoms with E-state index in [0.717, 1.165) is 28.7 Å². The molecule has 3 nitrogen and oxygen atoms in total. The van der Waals surface area contributed by atoms with Gasteiger partial charge in [-0.25, -0.2) is 4.98 Å². The SMILES string of the molecule is CCCCN(c1nc(C(C)CC)c(CO)s1)C1CC1. The minimum absolute atomic E-state index is 0.129. The molecule has 0 aliphatic heterocycles. The third-order valence-corrected chi connectivity index (χ3v) is 5.02. The smallest absolute Gasteiger partial charge is 0.186 e. The van der Waals surface area contributed by atoms with Crippen LogP contribution in [0.2, 0.25) is 0 Å². The number of hydrogen-bond donors (Lipinski definition) is 1. The molecule has 1 fully saturated rings. The molecule has 1 aliphatic carbocycles. The van der Waals surface area contributed by atoms with E-state index < -0.39 is 0 Å². The molecule has 4 heteroatoms. The summed E-state index contributed by atoms with van der Waals surface area (Å²) in [6.45, 7) is 7.85. The van der Waals surface area contributed by atoms with Crippen molar-refractivity contribution in [2.24, 2.45) is 0 Å². The van der Waals surface area contributed by atoms with Gasteiger partial charge in [0.05, 0.1) is 17.2 Å². The van der Waals surface area contributed by atoms with Crippen LogP contribution >= 0.6 is 11.3 Å². The Labute approximate surface area is 120 Å². The summed E-state index contributed by atoms with van der Waals surface area (Å²) in [5, 5.41) is 10.7. The van der Waals surface area contributed by atoms with Gasteiger partial charge in [0.25, 0.3) is 0 Å². The summed E-state index contributed by atoms with van der Waals surface area (Å²) in [7, 11) is 0. The molecule has 2 rings (SSSR count). The van der Waals surface area contributed by atoms with Crippen LogP contribution in [0.1, 0.15) is 69.4 Å². The Hall–Kier alpha value is -0.610. The summed E-state index contributed by atoms with van der Waals surface area (Å²) in [6.07, 6.45) is 6.13. The Kier molecular flexibility index (Phi) is 5.22. The van der Waals surface area contributed by atoms with Gasteiger partial charge < -0.3 is 10.0 Å². The number of nitrogens with zero attached hydrogens (tertiary/aromatic N) is 2. The van der Waals surface area contributed by atoms with Crippen LogP contribution in [0.3, 0.4) is 0 Å². The van der Waals surface area contributed by atoms with Gasteiger partial charge in [0, 0.05) is 12.6 Å². The molecule has 0 saturated heterocycles. The van der Waals surface area contributed by atoms with Crippen LogP contribution in [0.4, 0.5) is 5.13 Å². The fraction of sp³-hybridized carbons (Fsp3) is 0.800. The fourth-order valence-electron chi connectivity index (χ4n) is 2.31. The zero-order valence-corrected chi connectivity index (χ0v) is 13.2. The summed E-state index contributed by atoms with van der Waals surface area (Å²) in [6, 6.07) is 0.703. The number of aliphatic hydroxyl groups excluding tert-OH is 1. The maximum absolute atomic E-state index is 9.54. The third kappa shape index (κ3) is 3.48. The lowest BCUT2D eigenvalue weighted by Crippen LogP contribution is -2.26. The molecule has 0 aromatic carbocycles. The average Bonchev–Trinajstić information content (AvgIpc) is 3.17. The van der Waals surface area contributed by atoms with Gasteiger partial charge in [0.1, 0.15) is 0 Å². The lowest BCUT2D eigenvalue weighted by molar-refractivity contribution is 0.283. The number of thiazole rings is 1. The van der Waals surface area contributed by atoms with Crippen molar-refractivity contribution in [1.29, 1.82) is 0 Å². The summed E-state index contributed by atoms with van der Waals surface area (Å²) in [5.41, 5.74) is 1.12. The summed E-state index contributed by atoms with van der Waals surface area (Å²) < 4.78 is 0. The highest BCUT2D eigenvalue weighted by molar-refractivity contribution is 7.15. The Morgan fingerprint density at radius 1 is 1.42 bits per heavy atom. The van der Waals surface area contributed by atoms with Crippen molar-refractivity contribution in [3.05, 3.63) is 10.6 Å². The van der Waals surface area contributed by atoms with E-state index in [-0.39, 0.29) is 6.61 Å². The van der Waals surface area contributed by atoms with E-state index in [2.05, 4.69) is 25.7 Å². The number of aromatic nitrogens is 1. The summed E-state index contributed by atoms with van der Waals surface area (Å²) >= 11 is 1.69. The zero-order valence-electron chi connectivity index (χ0n) is 12.4. The Bertz CT molecular complexity index is 401. The van der Waals surface area contributed by atoms with Crippen LogP contribution < -0.4 is 4.90 Å². The number of unbranched alkanes of at least 4 members (excludes halogenated alkanes) is 1. The molecular weight excluding hydrogens is 256 g/mol. The third-order valence-electron chi connectivity index (χ3n) is 3.92. The lowest BCUT2D eigenvalue weighted by Gasteiger charge is -2.21. The maximum Gasteiger partial charge on any atom is 0.186 e. The Balaban J connectivity index is 2.19. The molecule has 0 amide bonds. The number of anilines is 1. The molecule has 0 spiro atoms. The van der Waals surface area contributed by atoms with Gasteiger partial charge in [-0.2, -0.15) is 0 Å². The van der Waals surface area contributed by atoms with Crippen molar-refractivity contribution in [2.75, 3.05) is 11.4 Å². The molecule has 0 bridgehead atoms. The zero-order chi connectivity index (χ0) is 13.8. The highest BCUT2D eigenvalue weighted by Gasteiger charge is 2.31. The van der Waals surface area contributed by atoms with Gasteiger partial charge in [-0.05, 0) is 31.6 Å². The van der Waals surface area contributed by atoms with Gasteiger partial charge in [0.15, 0.2) is 5.13 Å². The van der Waals surface area contributed by atoms with Crippen molar-refractivity contribution < 1.29 is 5.11 Å². The first-order valence-electron chi connectivity index (χ1n) is 7.58. The fourth-order valence-corrected chi connectivity index (χ4v) is 3.45. The van der Waals surface area contributed by atoms with Crippen LogP contribution in [-0.2, 0) is 6.61 Å². The monoisotopic (exact) mass is 282 g/mol. The minimum Gasteiger partial charge on any atom is -0.391 e. The van der Waals surface area contributed by atoms with E-state index in [1.54, 1.807) is 11.3 Å². The molecule has 1 aromatic heterocycles. The van der Waals surface area contributed by atoms with Crippen molar-refractivity contribution in [3.63, 3.8) is 0 Å². The van der Waals surface area contributed by atoms with Crippen molar-refractivity contribution in [3.8, 4) is 0 Å². The van der Waals surface area contributed by atoms with Crippen LogP contribution in [0, 0.1) is 0 Å². The minimum atomic E-state index is 0.129. The molecule has 1 aliphatic rings. The van der Waals surface area contributed by atoms with E-state index in [0.29, 0.717) is 12.0 Å². The molecule has 1 atom stereocenters. The first-order chi connectivity index (χ1) is 9.21. The van der Waals surface area contributed by atoms with Gasteiger partial charge >= 0.3 is 0 Å². The predicted molar refractivity (Wildman–Crippen MR) is 82.0 cm³/mol. The molecular formula is C15H26N2OS. The highest BCUT2D eigenvalue weighted by Crippen LogP contribution is 2.37.